The van der Waals surface area contributed by atoms with Crippen LogP contribution in [0.1, 0.15) is 45.6 Å². The van der Waals surface area contributed by atoms with Gasteiger partial charge in [0.25, 0.3) is 0 Å². The lowest BCUT2D eigenvalue weighted by atomic mass is 9.84. The van der Waals surface area contributed by atoms with E-state index in [0.717, 1.165) is 12.8 Å². The predicted octanol–water partition coefficient (Wildman–Crippen LogP) is 3.20. The fraction of sp³-hybridized carbons (Fsp3) is 0.562. The van der Waals surface area contributed by atoms with Gasteiger partial charge >= 0.3 is 5.97 Å². The molecule has 3 nitrogen and oxygen atoms in total. The maximum atomic E-state index is 11.2. The van der Waals surface area contributed by atoms with Gasteiger partial charge in [-0.2, -0.15) is 0 Å². The van der Waals surface area contributed by atoms with Gasteiger partial charge in [-0.05, 0) is 12.0 Å². The number of rotatable bonds is 8. The summed E-state index contributed by atoms with van der Waals surface area (Å²) in [6, 6.07) is 9.76. The molecule has 0 saturated heterocycles. The van der Waals surface area contributed by atoms with E-state index in [1.165, 1.54) is 5.56 Å². The molecule has 1 aromatic carbocycles. The lowest BCUT2D eigenvalue weighted by molar-refractivity contribution is -0.139. The summed E-state index contributed by atoms with van der Waals surface area (Å²) in [7, 11) is 0. The topological polar surface area (TPSA) is 49.3 Å². The van der Waals surface area contributed by atoms with Crippen molar-refractivity contribution >= 4 is 5.97 Å². The summed E-state index contributed by atoms with van der Waals surface area (Å²) in [5, 5.41) is 12.4. The number of aliphatic carboxylic acids is 1. The van der Waals surface area contributed by atoms with Crippen LogP contribution in [0.3, 0.4) is 0 Å². The minimum absolute atomic E-state index is 0.0683. The van der Waals surface area contributed by atoms with Crippen LogP contribution in [-0.2, 0) is 10.2 Å². The van der Waals surface area contributed by atoms with Crippen LogP contribution >= 0.6 is 0 Å². The SMILES string of the molecule is CCCCC(NCC(C)(C)c1ccccc1)C(=O)O. The Morgan fingerprint density at radius 1 is 1.32 bits per heavy atom. The third-order valence-corrected chi connectivity index (χ3v) is 3.49. The van der Waals surface area contributed by atoms with Crippen LogP contribution < -0.4 is 5.32 Å². The third-order valence-electron chi connectivity index (χ3n) is 3.49. The summed E-state index contributed by atoms with van der Waals surface area (Å²) in [5.74, 6) is -0.752. The van der Waals surface area contributed by atoms with Gasteiger partial charge in [0, 0.05) is 12.0 Å². The van der Waals surface area contributed by atoms with E-state index >= 15 is 0 Å². The molecular formula is C16H25NO2. The minimum atomic E-state index is -0.752. The Morgan fingerprint density at radius 3 is 2.47 bits per heavy atom. The lowest BCUT2D eigenvalue weighted by Gasteiger charge is -2.27. The first-order valence-corrected chi connectivity index (χ1v) is 6.99. The summed E-state index contributed by atoms with van der Waals surface area (Å²) >= 11 is 0. The highest BCUT2D eigenvalue weighted by Gasteiger charge is 2.24. The average molecular weight is 263 g/mol. The number of unbranched alkanes of at least 4 members (excludes halogenated alkanes) is 1. The van der Waals surface area contributed by atoms with Crippen LogP contribution in [0.25, 0.3) is 0 Å². The molecule has 0 heterocycles. The average Bonchev–Trinajstić information content (AvgIpc) is 2.39. The summed E-state index contributed by atoms with van der Waals surface area (Å²) in [4.78, 5) is 11.2. The van der Waals surface area contributed by atoms with Gasteiger partial charge < -0.3 is 10.4 Å². The molecule has 0 fully saturated rings. The molecule has 106 valence electrons. The van der Waals surface area contributed by atoms with Crippen molar-refractivity contribution in [1.29, 1.82) is 0 Å². The summed E-state index contributed by atoms with van der Waals surface area (Å²) in [6.07, 6.45) is 2.65. The molecule has 0 bridgehead atoms. The Hall–Kier alpha value is -1.35. The van der Waals surface area contributed by atoms with Crippen molar-refractivity contribution in [3.8, 4) is 0 Å². The van der Waals surface area contributed by atoms with Crippen molar-refractivity contribution in [3.63, 3.8) is 0 Å². The van der Waals surface area contributed by atoms with Gasteiger partial charge in [-0.25, -0.2) is 0 Å². The Labute approximate surface area is 116 Å². The molecular weight excluding hydrogens is 238 g/mol. The molecule has 0 aromatic heterocycles. The lowest BCUT2D eigenvalue weighted by Crippen LogP contribution is -2.43. The van der Waals surface area contributed by atoms with Gasteiger partial charge in [0.1, 0.15) is 6.04 Å². The highest BCUT2D eigenvalue weighted by atomic mass is 16.4. The summed E-state index contributed by atoms with van der Waals surface area (Å²) < 4.78 is 0. The quantitative estimate of drug-likeness (QED) is 0.757. The molecule has 1 rings (SSSR count). The second-order valence-corrected chi connectivity index (χ2v) is 5.66. The van der Waals surface area contributed by atoms with E-state index < -0.39 is 12.0 Å². The van der Waals surface area contributed by atoms with E-state index in [1.54, 1.807) is 0 Å². The molecule has 0 spiro atoms. The summed E-state index contributed by atoms with van der Waals surface area (Å²) in [5.41, 5.74) is 1.16. The molecule has 0 radical (unpaired) electrons. The van der Waals surface area contributed by atoms with E-state index in [9.17, 15) is 9.90 Å². The largest absolute Gasteiger partial charge is 0.480 e. The van der Waals surface area contributed by atoms with Crippen LogP contribution in [0.5, 0.6) is 0 Å². The van der Waals surface area contributed by atoms with Crippen LogP contribution in [0.2, 0.25) is 0 Å². The Balaban J connectivity index is 2.60. The van der Waals surface area contributed by atoms with Crippen molar-refractivity contribution in [2.45, 2.75) is 51.5 Å². The first kappa shape index (κ1) is 15.7. The zero-order valence-electron chi connectivity index (χ0n) is 12.1. The van der Waals surface area contributed by atoms with E-state index in [4.69, 9.17) is 0 Å². The molecule has 0 saturated carbocycles. The minimum Gasteiger partial charge on any atom is -0.480 e. The van der Waals surface area contributed by atoms with Crippen LogP contribution in [0, 0.1) is 0 Å². The zero-order chi connectivity index (χ0) is 14.3. The maximum Gasteiger partial charge on any atom is 0.320 e. The maximum absolute atomic E-state index is 11.2. The molecule has 3 heteroatoms. The zero-order valence-corrected chi connectivity index (χ0v) is 12.1. The van der Waals surface area contributed by atoms with Gasteiger partial charge in [-0.3, -0.25) is 4.79 Å². The standard InChI is InChI=1S/C16H25NO2/c1-4-5-11-14(15(18)19)17-12-16(2,3)13-9-7-6-8-10-13/h6-10,14,17H,4-5,11-12H2,1-3H3,(H,18,19). The second-order valence-electron chi connectivity index (χ2n) is 5.66. The van der Waals surface area contributed by atoms with E-state index in [-0.39, 0.29) is 5.41 Å². The van der Waals surface area contributed by atoms with Crippen LogP contribution in [0.4, 0.5) is 0 Å². The number of carbonyl (C=O) groups is 1. The number of nitrogens with one attached hydrogen (secondary N) is 1. The molecule has 1 aromatic rings. The molecule has 1 unspecified atom stereocenters. The first-order valence-electron chi connectivity index (χ1n) is 6.99. The van der Waals surface area contributed by atoms with Crippen LogP contribution in [-0.4, -0.2) is 23.7 Å². The molecule has 1 atom stereocenters. The van der Waals surface area contributed by atoms with Crippen molar-refractivity contribution in [2.24, 2.45) is 0 Å². The number of hydrogen-bond acceptors (Lipinski definition) is 2. The number of carboxylic acids is 1. The predicted molar refractivity (Wildman–Crippen MR) is 78.4 cm³/mol. The highest BCUT2D eigenvalue weighted by molar-refractivity contribution is 5.73. The van der Waals surface area contributed by atoms with Gasteiger partial charge in [-0.1, -0.05) is 63.9 Å². The summed E-state index contributed by atoms with van der Waals surface area (Å²) in [6.45, 7) is 7.01. The monoisotopic (exact) mass is 263 g/mol. The second kappa shape index (κ2) is 7.29. The van der Waals surface area contributed by atoms with Gasteiger partial charge in [-0.15, -0.1) is 0 Å². The fourth-order valence-corrected chi connectivity index (χ4v) is 2.09. The molecule has 0 aliphatic heterocycles. The first-order chi connectivity index (χ1) is 8.97. The normalized spacial score (nSPS) is 13.2. The van der Waals surface area contributed by atoms with Crippen molar-refractivity contribution in [3.05, 3.63) is 35.9 Å². The molecule has 0 aliphatic rings. The van der Waals surface area contributed by atoms with E-state index in [0.29, 0.717) is 13.0 Å². The number of carboxylic acid groups (broad SMARTS) is 1. The van der Waals surface area contributed by atoms with E-state index in [1.807, 2.05) is 18.2 Å². The molecule has 2 N–H and O–H groups in total. The number of hydrogen-bond donors (Lipinski definition) is 2. The Bertz CT molecular complexity index is 387. The van der Waals surface area contributed by atoms with Crippen molar-refractivity contribution in [1.82, 2.24) is 5.32 Å². The van der Waals surface area contributed by atoms with Crippen molar-refractivity contribution in [2.75, 3.05) is 6.54 Å². The van der Waals surface area contributed by atoms with Gasteiger partial charge in [0.05, 0.1) is 0 Å². The van der Waals surface area contributed by atoms with Crippen molar-refractivity contribution < 1.29 is 9.90 Å². The van der Waals surface area contributed by atoms with E-state index in [2.05, 4.69) is 38.2 Å². The molecule has 19 heavy (non-hydrogen) atoms. The van der Waals surface area contributed by atoms with Crippen LogP contribution in [0.15, 0.2) is 30.3 Å². The molecule has 0 aliphatic carbocycles. The molecule has 0 amide bonds. The van der Waals surface area contributed by atoms with Gasteiger partial charge in [0.15, 0.2) is 0 Å². The highest BCUT2D eigenvalue weighted by Crippen LogP contribution is 2.22. The number of benzene rings is 1. The fourth-order valence-electron chi connectivity index (χ4n) is 2.09. The third kappa shape index (κ3) is 5.03. The van der Waals surface area contributed by atoms with Gasteiger partial charge in [0.2, 0.25) is 0 Å². The Morgan fingerprint density at radius 2 is 1.95 bits per heavy atom. The smallest absolute Gasteiger partial charge is 0.320 e. The Kier molecular flexibility index (Phi) is 6.03.